The number of nitrogen functional groups attached to an aromatic ring is 1. The van der Waals surface area contributed by atoms with E-state index in [1.807, 2.05) is 6.92 Å². The average molecular weight is 284 g/mol. The smallest absolute Gasteiger partial charge is 0.177 e. The maximum Gasteiger partial charge on any atom is 0.177 e. The Morgan fingerprint density at radius 1 is 1.47 bits per heavy atom. The van der Waals surface area contributed by atoms with Crippen LogP contribution in [0.25, 0.3) is 0 Å². The second kappa shape index (κ2) is 6.25. The zero-order chi connectivity index (χ0) is 13.8. The summed E-state index contributed by atoms with van der Waals surface area (Å²) in [5.74, 6) is 0.696. The zero-order valence-corrected chi connectivity index (χ0v) is 12.2. The highest BCUT2D eigenvalue weighted by atomic mass is 32.1. The van der Waals surface area contributed by atoms with E-state index in [0.29, 0.717) is 29.3 Å². The molecule has 0 unspecified atom stereocenters. The van der Waals surface area contributed by atoms with Crippen LogP contribution in [0, 0.1) is 0 Å². The van der Waals surface area contributed by atoms with Crippen LogP contribution in [-0.4, -0.2) is 39.2 Å². The van der Waals surface area contributed by atoms with E-state index in [9.17, 15) is 4.79 Å². The van der Waals surface area contributed by atoms with Gasteiger partial charge in [0, 0.05) is 26.1 Å². The largest absolute Gasteiger partial charge is 0.492 e. The number of ketones is 1. The van der Waals surface area contributed by atoms with Crippen molar-refractivity contribution in [1.82, 2.24) is 0 Å². The molecule has 0 bridgehead atoms. The molecule has 2 rings (SSSR count). The zero-order valence-electron chi connectivity index (χ0n) is 11.4. The number of hydrogen-bond donors (Lipinski definition) is 1. The van der Waals surface area contributed by atoms with Crippen molar-refractivity contribution < 1.29 is 14.3 Å². The standard InChI is InChI=1S/C13H20N2O3S/c1-3-9(16)12-10(14)11(17-2)13(19-12)15-5-4-7-18-8-6-15/h3-8,14H2,1-2H3. The van der Waals surface area contributed by atoms with Gasteiger partial charge in [0.05, 0.1) is 24.3 Å². The summed E-state index contributed by atoms with van der Waals surface area (Å²) in [6.45, 7) is 5.01. The van der Waals surface area contributed by atoms with Gasteiger partial charge in [-0.05, 0) is 6.42 Å². The lowest BCUT2D eigenvalue weighted by molar-refractivity contribution is 0.0992. The fourth-order valence-electron chi connectivity index (χ4n) is 2.14. The van der Waals surface area contributed by atoms with Crippen LogP contribution >= 0.6 is 11.3 Å². The van der Waals surface area contributed by atoms with Crippen molar-refractivity contribution >= 4 is 27.8 Å². The van der Waals surface area contributed by atoms with Gasteiger partial charge < -0.3 is 20.1 Å². The average Bonchev–Trinajstić information content (AvgIpc) is 2.61. The summed E-state index contributed by atoms with van der Waals surface area (Å²) in [4.78, 5) is 14.7. The van der Waals surface area contributed by atoms with Crippen molar-refractivity contribution in [1.29, 1.82) is 0 Å². The molecule has 1 aromatic heterocycles. The van der Waals surface area contributed by atoms with Gasteiger partial charge in [0.15, 0.2) is 11.5 Å². The molecule has 6 heteroatoms. The third kappa shape index (κ3) is 2.84. The van der Waals surface area contributed by atoms with Gasteiger partial charge in [0.2, 0.25) is 0 Å². The summed E-state index contributed by atoms with van der Waals surface area (Å²) in [6, 6.07) is 0. The van der Waals surface area contributed by atoms with E-state index >= 15 is 0 Å². The number of nitrogens with two attached hydrogens (primary N) is 1. The van der Waals surface area contributed by atoms with Gasteiger partial charge in [-0.25, -0.2) is 0 Å². The molecule has 2 N–H and O–H groups in total. The molecule has 1 aliphatic heterocycles. The summed E-state index contributed by atoms with van der Waals surface area (Å²) in [5, 5.41) is 0.947. The first-order chi connectivity index (χ1) is 9.19. The predicted octanol–water partition coefficient (Wildman–Crippen LogP) is 2.16. The molecule has 1 fully saturated rings. The van der Waals surface area contributed by atoms with Crippen molar-refractivity contribution in [2.45, 2.75) is 19.8 Å². The number of methoxy groups -OCH3 is 1. The van der Waals surface area contributed by atoms with E-state index in [0.717, 1.165) is 31.1 Å². The lowest BCUT2D eigenvalue weighted by atomic mass is 10.2. The van der Waals surface area contributed by atoms with Gasteiger partial charge in [-0.15, -0.1) is 11.3 Å². The van der Waals surface area contributed by atoms with Crippen LogP contribution in [0.3, 0.4) is 0 Å². The van der Waals surface area contributed by atoms with Crippen molar-refractivity contribution in [2.75, 3.05) is 44.0 Å². The Kier molecular flexibility index (Phi) is 4.66. The minimum Gasteiger partial charge on any atom is -0.492 e. The molecule has 1 aromatic rings. The van der Waals surface area contributed by atoms with Crippen molar-refractivity contribution in [3.05, 3.63) is 4.88 Å². The fraction of sp³-hybridized carbons (Fsp3) is 0.615. The van der Waals surface area contributed by atoms with Crippen LogP contribution in [0.2, 0.25) is 0 Å². The van der Waals surface area contributed by atoms with Gasteiger partial charge in [-0.1, -0.05) is 6.92 Å². The van der Waals surface area contributed by atoms with Crippen LogP contribution in [-0.2, 0) is 4.74 Å². The molecule has 0 aliphatic carbocycles. The Balaban J connectivity index is 2.35. The minimum absolute atomic E-state index is 0.0677. The maximum atomic E-state index is 11.9. The number of Topliss-reactive ketones (excluding diaryl/α,β-unsaturated/α-hetero) is 1. The number of ether oxygens (including phenoxy) is 2. The van der Waals surface area contributed by atoms with Crippen LogP contribution in [0.1, 0.15) is 29.4 Å². The third-order valence-corrected chi connectivity index (χ3v) is 4.46. The molecule has 0 radical (unpaired) electrons. The molecule has 1 saturated heterocycles. The molecule has 0 saturated carbocycles. The third-order valence-electron chi connectivity index (χ3n) is 3.17. The van der Waals surface area contributed by atoms with Gasteiger partial charge in [-0.3, -0.25) is 4.79 Å². The Bertz CT molecular complexity index is 451. The molecule has 0 atom stereocenters. The molecule has 5 nitrogen and oxygen atoms in total. The second-order valence-corrected chi connectivity index (χ2v) is 5.41. The number of nitrogens with zero attached hydrogens (tertiary/aromatic N) is 1. The maximum absolute atomic E-state index is 11.9. The van der Waals surface area contributed by atoms with Crippen molar-refractivity contribution in [3.8, 4) is 5.75 Å². The van der Waals surface area contributed by atoms with Crippen molar-refractivity contribution in [2.24, 2.45) is 0 Å². The summed E-state index contributed by atoms with van der Waals surface area (Å²) >= 11 is 1.43. The quantitative estimate of drug-likeness (QED) is 0.858. The van der Waals surface area contributed by atoms with E-state index in [1.165, 1.54) is 11.3 Å². The Morgan fingerprint density at radius 2 is 2.26 bits per heavy atom. The Morgan fingerprint density at radius 3 is 2.95 bits per heavy atom. The van der Waals surface area contributed by atoms with Gasteiger partial charge in [-0.2, -0.15) is 0 Å². The molecule has 1 aliphatic rings. The minimum atomic E-state index is 0.0677. The highest BCUT2D eigenvalue weighted by Gasteiger charge is 2.24. The van der Waals surface area contributed by atoms with Gasteiger partial charge in [0.25, 0.3) is 0 Å². The van der Waals surface area contributed by atoms with Crippen LogP contribution < -0.4 is 15.4 Å². The normalized spacial score (nSPS) is 16.2. The molecule has 0 spiro atoms. The monoisotopic (exact) mass is 284 g/mol. The predicted molar refractivity (Wildman–Crippen MR) is 77.6 cm³/mol. The fourth-order valence-corrected chi connectivity index (χ4v) is 3.39. The highest BCUT2D eigenvalue weighted by Crippen LogP contribution is 2.45. The van der Waals surface area contributed by atoms with E-state index in [4.69, 9.17) is 15.2 Å². The molecule has 2 heterocycles. The Labute approximate surface area is 117 Å². The summed E-state index contributed by atoms with van der Waals surface area (Å²) in [7, 11) is 1.59. The number of carbonyl (C=O) groups excluding carboxylic acids is 1. The van der Waals surface area contributed by atoms with E-state index in [2.05, 4.69) is 4.90 Å². The van der Waals surface area contributed by atoms with Crippen LogP contribution in [0.15, 0.2) is 0 Å². The highest BCUT2D eigenvalue weighted by molar-refractivity contribution is 7.19. The van der Waals surface area contributed by atoms with Crippen molar-refractivity contribution in [3.63, 3.8) is 0 Å². The first-order valence-corrected chi connectivity index (χ1v) is 7.32. The van der Waals surface area contributed by atoms with Crippen LogP contribution in [0.5, 0.6) is 5.75 Å². The van der Waals surface area contributed by atoms with E-state index < -0.39 is 0 Å². The van der Waals surface area contributed by atoms with Crippen LogP contribution in [0.4, 0.5) is 10.7 Å². The molecule has 19 heavy (non-hydrogen) atoms. The SMILES string of the molecule is CCC(=O)c1sc(N2CCCOCC2)c(OC)c1N. The number of thiophene rings is 1. The number of anilines is 2. The molecular weight excluding hydrogens is 264 g/mol. The lowest BCUT2D eigenvalue weighted by Crippen LogP contribution is -2.25. The summed E-state index contributed by atoms with van der Waals surface area (Å²) < 4.78 is 10.8. The molecular formula is C13H20N2O3S. The van der Waals surface area contributed by atoms with Gasteiger partial charge >= 0.3 is 0 Å². The summed E-state index contributed by atoms with van der Waals surface area (Å²) in [5.41, 5.74) is 6.52. The van der Waals surface area contributed by atoms with Gasteiger partial charge in [0.1, 0.15) is 5.00 Å². The molecule has 0 aromatic carbocycles. The molecule has 106 valence electrons. The lowest BCUT2D eigenvalue weighted by Gasteiger charge is -2.20. The van der Waals surface area contributed by atoms with E-state index in [-0.39, 0.29) is 5.78 Å². The topological polar surface area (TPSA) is 64.8 Å². The number of hydrogen-bond acceptors (Lipinski definition) is 6. The first-order valence-electron chi connectivity index (χ1n) is 6.51. The summed E-state index contributed by atoms with van der Waals surface area (Å²) in [6.07, 6.45) is 1.43. The molecule has 0 amide bonds. The number of rotatable bonds is 4. The first kappa shape index (κ1) is 14.1. The second-order valence-electron chi connectivity index (χ2n) is 4.41. The Hall–Kier alpha value is -1.27. The number of carbonyl (C=O) groups is 1. The van der Waals surface area contributed by atoms with E-state index in [1.54, 1.807) is 7.11 Å².